The van der Waals surface area contributed by atoms with Gasteiger partial charge in [-0.1, -0.05) is 24.3 Å². The number of anilines is 1. The van der Waals surface area contributed by atoms with E-state index in [9.17, 15) is 18.5 Å². The molecule has 1 aliphatic rings. The number of benzene rings is 2. The molecular weight excluding hydrogens is 342 g/mol. The molecule has 1 saturated heterocycles. The van der Waals surface area contributed by atoms with Gasteiger partial charge >= 0.3 is 0 Å². The topological polar surface area (TPSA) is 92.5 Å². The van der Waals surface area contributed by atoms with Crippen molar-refractivity contribution in [2.45, 2.75) is 24.3 Å². The maximum atomic E-state index is 12.5. The summed E-state index contributed by atoms with van der Waals surface area (Å²) in [5, 5.41) is 14.0. The summed E-state index contributed by atoms with van der Waals surface area (Å²) < 4.78 is 26.5. The third-order valence-electron chi connectivity index (χ3n) is 4.21. The van der Waals surface area contributed by atoms with Crippen LogP contribution in [0.4, 0.5) is 11.4 Å². The molecule has 8 heteroatoms. The van der Waals surface area contributed by atoms with Crippen LogP contribution in [0.1, 0.15) is 18.4 Å². The predicted molar refractivity (Wildman–Crippen MR) is 94.9 cm³/mol. The molecular formula is C17H19N3O4S. The minimum absolute atomic E-state index is 0.00994. The van der Waals surface area contributed by atoms with Gasteiger partial charge in [0.1, 0.15) is 5.69 Å². The minimum atomic E-state index is -3.42. The number of hydrogen-bond donors (Lipinski definition) is 1. The Hall–Kier alpha value is -2.45. The van der Waals surface area contributed by atoms with Crippen LogP contribution < -0.4 is 5.32 Å². The second-order valence-electron chi connectivity index (χ2n) is 5.88. The summed E-state index contributed by atoms with van der Waals surface area (Å²) >= 11 is 0. The van der Waals surface area contributed by atoms with E-state index in [2.05, 4.69) is 5.32 Å². The third kappa shape index (κ3) is 3.80. The second kappa shape index (κ2) is 7.20. The molecule has 0 amide bonds. The summed E-state index contributed by atoms with van der Waals surface area (Å²) in [5.41, 5.74) is 1.29. The summed E-state index contributed by atoms with van der Waals surface area (Å²) in [6.07, 6.45) is 1.80. The van der Waals surface area contributed by atoms with Crippen molar-refractivity contribution in [3.05, 3.63) is 64.2 Å². The van der Waals surface area contributed by atoms with Crippen LogP contribution in [0.3, 0.4) is 0 Å². The summed E-state index contributed by atoms with van der Waals surface area (Å²) in [6.45, 7) is 1.52. The van der Waals surface area contributed by atoms with Crippen molar-refractivity contribution in [3.63, 3.8) is 0 Å². The Labute approximate surface area is 146 Å². The molecule has 1 fully saturated rings. The zero-order chi connectivity index (χ0) is 17.9. The average Bonchev–Trinajstić information content (AvgIpc) is 3.16. The Bertz CT molecular complexity index is 860. The predicted octanol–water partition coefficient (Wildman–Crippen LogP) is 2.99. The van der Waals surface area contributed by atoms with Gasteiger partial charge in [-0.15, -0.1) is 0 Å². The lowest BCUT2D eigenvalue weighted by Crippen LogP contribution is -2.27. The van der Waals surface area contributed by atoms with E-state index in [1.807, 2.05) is 0 Å². The van der Waals surface area contributed by atoms with Crippen molar-refractivity contribution < 1.29 is 13.3 Å². The number of para-hydroxylation sites is 2. The Kier molecular flexibility index (Phi) is 5.00. The van der Waals surface area contributed by atoms with E-state index in [0.717, 1.165) is 18.4 Å². The van der Waals surface area contributed by atoms with Gasteiger partial charge in [-0.2, -0.15) is 4.31 Å². The number of nitrogens with zero attached hydrogens (tertiary/aromatic N) is 2. The van der Waals surface area contributed by atoms with Gasteiger partial charge in [0.25, 0.3) is 5.69 Å². The molecule has 132 valence electrons. The largest absolute Gasteiger partial charge is 0.375 e. The van der Waals surface area contributed by atoms with Gasteiger partial charge in [-0.25, -0.2) is 8.42 Å². The van der Waals surface area contributed by atoms with Crippen molar-refractivity contribution in [3.8, 4) is 0 Å². The molecule has 3 rings (SSSR count). The number of nitro benzene ring substituents is 1. The maximum absolute atomic E-state index is 12.5. The van der Waals surface area contributed by atoms with Crippen molar-refractivity contribution >= 4 is 21.4 Å². The molecule has 0 radical (unpaired) electrons. The van der Waals surface area contributed by atoms with Crippen LogP contribution >= 0.6 is 0 Å². The van der Waals surface area contributed by atoms with Crippen LogP contribution in [-0.2, 0) is 16.6 Å². The number of hydrogen-bond acceptors (Lipinski definition) is 5. The van der Waals surface area contributed by atoms with Crippen LogP contribution in [0.5, 0.6) is 0 Å². The Balaban J connectivity index is 1.70. The van der Waals surface area contributed by atoms with E-state index in [0.29, 0.717) is 25.3 Å². The van der Waals surface area contributed by atoms with Crippen molar-refractivity contribution in [1.82, 2.24) is 4.31 Å². The SMILES string of the molecule is O=[N+]([O-])c1ccccc1NCc1ccc(S(=O)(=O)N2CCCC2)cc1. The quantitative estimate of drug-likeness (QED) is 0.631. The molecule has 0 spiro atoms. The van der Waals surface area contributed by atoms with Gasteiger partial charge in [0, 0.05) is 25.7 Å². The maximum Gasteiger partial charge on any atom is 0.292 e. The minimum Gasteiger partial charge on any atom is -0.375 e. The summed E-state index contributed by atoms with van der Waals surface area (Å²) in [5.74, 6) is 0. The lowest BCUT2D eigenvalue weighted by molar-refractivity contribution is -0.384. The molecule has 25 heavy (non-hydrogen) atoms. The Morgan fingerprint density at radius 2 is 1.68 bits per heavy atom. The molecule has 2 aromatic carbocycles. The van der Waals surface area contributed by atoms with Crippen LogP contribution in [0.2, 0.25) is 0 Å². The molecule has 0 bridgehead atoms. The number of sulfonamides is 1. The normalized spacial score (nSPS) is 15.2. The summed E-state index contributed by atoms with van der Waals surface area (Å²) in [7, 11) is -3.42. The first-order chi connectivity index (χ1) is 12.0. The van der Waals surface area contributed by atoms with Crippen LogP contribution in [0.15, 0.2) is 53.4 Å². The lowest BCUT2D eigenvalue weighted by atomic mass is 10.2. The molecule has 2 aromatic rings. The fourth-order valence-electron chi connectivity index (χ4n) is 2.84. The fraction of sp³-hybridized carbons (Fsp3) is 0.294. The number of nitrogens with one attached hydrogen (secondary N) is 1. The molecule has 1 aliphatic heterocycles. The lowest BCUT2D eigenvalue weighted by Gasteiger charge is -2.15. The van der Waals surface area contributed by atoms with Crippen LogP contribution in [-0.4, -0.2) is 30.7 Å². The first-order valence-corrected chi connectivity index (χ1v) is 9.49. The molecule has 0 aromatic heterocycles. The summed E-state index contributed by atoms with van der Waals surface area (Å²) in [4.78, 5) is 10.9. The van der Waals surface area contributed by atoms with Crippen molar-refractivity contribution in [2.24, 2.45) is 0 Å². The Morgan fingerprint density at radius 3 is 2.32 bits per heavy atom. The van der Waals surface area contributed by atoms with Gasteiger partial charge in [-0.3, -0.25) is 10.1 Å². The van der Waals surface area contributed by atoms with E-state index in [1.54, 1.807) is 42.5 Å². The van der Waals surface area contributed by atoms with Crippen LogP contribution in [0, 0.1) is 10.1 Å². The monoisotopic (exact) mass is 361 g/mol. The number of nitro groups is 1. The zero-order valence-electron chi connectivity index (χ0n) is 13.6. The van der Waals surface area contributed by atoms with Crippen molar-refractivity contribution in [2.75, 3.05) is 18.4 Å². The Morgan fingerprint density at radius 1 is 1.04 bits per heavy atom. The van der Waals surface area contributed by atoms with Gasteiger partial charge in [0.15, 0.2) is 0 Å². The van der Waals surface area contributed by atoms with Crippen molar-refractivity contribution in [1.29, 1.82) is 0 Å². The first-order valence-electron chi connectivity index (χ1n) is 8.05. The molecule has 0 atom stereocenters. The van der Waals surface area contributed by atoms with Crippen LogP contribution in [0.25, 0.3) is 0 Å². The number of rotatable bonds is 6. The van der Waals surface area contributed by atoms with Gasteiger partial charge in [0.2, 0.25) is 10.0 Å². The van der Waals surface area contributed by atoms with Gasteiger partial charge in [-0.05, 0) is 36.6 Å². The average molecular weight is 361 g/mol. The first kappa shape index (κ1) is 17.4. The standard InChI is InChI=1S/C17H19N3O4S/c21-20(22)17-6-2-1-5-16(17)18-13-14-7-9-15(10-8-14)25(23,24)19-11-3-4-12-19/h1-2,5-10,18H,3-4,11-13H2. The molecule has 1 heterocycles. The highest BCUT2D eigenvalue weighted by molar-refractivity contribution is 7.89. The highest BCUT2D eigenvalue weighted by Crippen LogP contribution is 2.24. The zero-order valence-corrected chi connectivity index (χ0v) is 14.4. The highest BCUT2D eigenvalue weighted by Gasteiger charge is 2.26. The second-order valence-corrected chi connectivity index (χ2v) is 7.82. The molecule has 1 N–H and O–H groups in total. The molecule has 0 saturated carbocycles. The van der Waals surface area contributed by atoms with E-state index in [4.69, 9.17) is 0 Å². The van der Waals surface area contributed by atoms with E-state index < -0.39 is 14.9 Å². The molecule has 0 aliphatic carbocycles. The smallest absolute Gasteiger partial charge is 0.292 e. The van der Waals surface area contributed by atoms with E-state index in [-0.39, 0.29) is 10.6 Å². The summed E-state index contributed by atoms with van der Waals surface area (Å²) in [6, 6.07) is 13.0. The van der Waals surface area contributed by atoms with Gasteiger partial charge < -0.3 is 5.32 Å². The van der Waals surface area contributed by atoms with Gasteiger partial charge in [0.05, 0.1) is 9.82 Å². The van der Waals surface area contributed by atoms with E-state index in [1.165, 1.54) is 10.4 Å². The molecule has 0 unspecified atom stereocenters. The van der Waals surface area contributed by atoms with E-state index >= 15 is 0 Å². The fourth-order valence-corrected chi connectivity index (χ4v) is 4.35. The highest BCUT2D eigenvalue weighted by atomic mass is 32.2. The third-order valence-corrected chi connectivity index (χ3v) is 6.12. The molecule has 7 nitrogen and oxygen atoms in total.